The zero-order valence-corrected chi connectivity index (χ0v) is 17.3. The summed E-state index contributed by atoms with van der Waals surface area (Å²) in [5, 5.41) is 10.8. The van der Waals surface area contributed by atoms with Crippen molar-refractivity contribution in [3.05, 3.63) is 38.6 Å². The number of aromatic nitrogens is 1. The van der Waals surface area contributed by atoms with Crippen LogP contribution in [-0.4, -0.2) is 16.1 Å². The van der Waals surface area contributed by atoms with Gasteiger partial charge in [-0.2, -0.15) is 0 Å². The van der Waals surface area contributed by atoms with Gasteiger partial charge < -0.3 is 5.11 Å². The number of carbonyl (C=O) groups is 1. The van der Waals surface area contributed by atoms with Crippen molar-refractivity contribution < 1.29 is 9.90 Å². The van der Waals surface area contributed by atoms with Crippen molar-refractivity contribution in [2.24, 2.45) is 5.92 Å². The molecule has 25 heavy (non-hydrogen) atoms. The Morgan fingerprint density at radius 1 is 1.20 bits per heavy atom. The molecule has 1 aromatic carbocycles. The summed E-state index contributed by atoms with van der Waals surface area (Å²) in [6.45, 7) is 6.49. The van der Waals surface area contributed by atoms with Crippen molar-refractivity contribution >= 4 is 33.2 Å². The first-order chi connectivity index (χ1) is 11.8. The average Bonchev–Trinajstić information content (AvgIpc) is 3.01. The van der Waals surface area contributed by atoms with Crippen molar-refractivity contribution in [1.82, 2.24) is 4.98 Å². The molecule has 0 bridgehead atoms. The minimum atomic E-state index is -0.669. The molecule has 5 heteroatoms. The Bertz CT molecular complexity index is 761. The monoisotopic (exact) mass is 421 g/mol. The maximum Gasteiger partial charge on any atom is 0.307 e. The standard InChI is InChI=1S/C20H24BrNO2S/c1-20(2,3)19-22-16(12-8-10-13(21)11-9-12)17(25-19)14-6-4-5-7-15(14)18(23)24/h8-11,14-15H,4-7H2,1-3H3,(H,23,24). The molecule has 2 unspecified atom stereocenters. The van der Waals surface area contributed by atoms with Gasteiger partial charge in [-0.3, -0.25) is 4.79 Å². The van der Waals surface area contributed by atoms with Gasteiger partial charge in [0.25, 0.3) is 0 Å². The lowest BCUT2D eigenvalue weighted by Gasteiger charge is -2.28. The number of thiazole rings is 1. The number of aliphatic carboxylic acids is 1. The van der Waals surface area contributed by atoms with E-state index in [1.165, 1.54) is 0 Å². The number of halogens is 1. The van der Waals surface area contributed by atoms with Crippen molar-refractivity contribution in [2.75, 3.05) is 0 Å². The van der Waals surface area contributed by atoms with Crippen molar-refractivity contribution in [3.8, 4) is 11.3 Å². The lowest BCUT2D eigenvalue weighted by atomic mass is 9.77. The summed E-state index contributed by atoms with van der Waals surface area (Å²) in [6.07, 6.45) is 3.80. The van der Waals surface area contributed by atoms with Crippen LogP contribution in [-0.2, 0) is 10.2 Å². The van der Waals surface area contributed by atoms with Crippen LogP contribution in [0.25, 0.3) is 11.3 Å². The molecule has 3 rings (SSSR count). The third kappa shape index (κ3) is 3.98. The minimum absolute atomic E-state index is 0.0413. The largest absolute Gasteiger partial charge is 0.481 e. The van der Waals surface area contributed by atoms with Crippen LogP contribution in [0.2, 0.25) is 0 Å². The van der Waals surface area contributed by atoms with E-state index in [9.17, 15) is 9.90 Å². The Balaban J connectivity index is 2.11. The molecule has 0 aliphatic heterocycles. The van der Waals surface area contributed by atoms with Crippen LogP contribution in [0.3, 0.4) is 0 Å². The van der Waals surface area contributed by atoms with E-state index >= 15 is 0 Å². The van der Waals surface area contributed by atoms with E-state index in [0.717, 1.165) is 51.3 Å². The molecule has 3 nitrogen and oxygen atoms in total. The molecule has 1 fully saturated rings. The van der Waals surface area contributed by atoms with Gasteiger partial charge in [0.05, 0.1) is 16.6 Å². The fraction of sp³-hybridized carbons (Fsp3) is 0.500. The average molecular weight is 422 g/mol. The number of hydrogen-bond acceptors (Lipinski definition) is 3. The number of hydrogen-bond donors (Lipinski definition) is 1. The maximum atomic E-state index is 11.8. The second-order valence-corrected chi connectivity index (χ2v) is 9.77. The first-order valence-electron chi connectivity index (χ1n) is 8.77. The molecular weight excluding hydrogens is 398 g/mol. The van der Waals surface area contributed by atoms with Gasteiger partial charge >= 0.3 is 5.97 Å². The van der Waals surface area contributed by atoms with Crippen LogP contribution in [0.4, 0.5) is 0 Å². The Morgan fingerprint density at radius 3 is 2.44 bits per heavy atom. The summed E-state index contributed by atoms with van der Waals surface area (Å²) in [6, 6.07) is 8.16. The highest BCUT2D eigenvalue weighted by molar-refractivity contribution is 9.10. The molecule has 0 saturated heterocycles. The fourth-order valence-electron chi connectivity index (χ4n) is 3.46. The number of rotatable bonds is 3. The fourth-order valence-corrected chi connectivity index (χ4v) is 5.07. The summed E-state index contributed by atoms with van der Waals surface area (Å²) in [5.41, 5.74) is 2.00. The summed E-state index contributed by atoms with van der Waals surface area (Å²) in [4.78, 5) is 17.9. The molecule has 134 valence electrons. The van der Waals surface area contributed by atoms with E-state index < -0.39 is 5.97 Å². The maximum absolute atomic E-state index is 11.8. The first kappa shape index (κ1) is 18.6. The highest BCUT2D eigenvalue weighted by atomic mass is 79.9. The second kappa shape index (κ2) is 7.20. The van der Waals surface area contributed by atoms with Crippen LogP contribution in [0.15, 0.2) is 28.7 Å². The van der Waals surface area contributed by atoms with Gasteiger partial charge in [-0.25, -0.2) is 4.98 Å². The first-order valence-corrected chi connectivity index (χ1v) is 10.4. The molecule has 0 amide bonds. The molecule has 1 saturated carbocycles. The van der Waals surface area contributed by atoms with Gasteiger partial charge in [0.15, 0.2) is 0 Å². The smallest absolute Gasteiger partial charge is 0.307 e. The molecular formula is C20H24BrNO2S. The normalized spacial score (nSPS) is 21.3. The Morgan fingerprint density at radius 2 is 1.84 bits per heavy atom. The van der Waals surface area contributed by atoms with Crippen LogP contribution >= 0.6 is 27.3 Å². The van der Waals surface area contributed by atoms with E-state index in [1.54, 1.807) is 11.3 Å². The highest BCUT2D eigenvalue weighted by Crippen LogP contribution is 2.46. The van der Waals surface area contributed by atoms with Gasteiger partial charge in [-0.05, 0) is 25.0 Å². The van der Waals surface area contributed by atoms with Crippen molar-refractivity contribution in [3.63, 3.8) is 0 Å². The molecule has 1 N–H and O–H groups in total. The van der Waals surface area contributed by atoms with Gasteiger partial charge in [-0.15, -0.1) is 11.3 Å². The highest BCUT2D eigenvalue weighted by Gasteiger charge is 2.36. The minimum Gasteiger partial charge on any atom is -0.481 e. The molecule has 2 aromatic rings. The van der Waals surface area contributed by atoms with Crippen molar-refractivity contribution in [2.45, 2.75) is 57.8 Å². The van der Waals surface area contributed by atoms with E-state index in [1.807, 2.05) is 12.1 Å². The third-order valence-electron chi connectivity index (χ3n) is 4.83. The lowest BCUT2D eigenvalue weighted by molar-refractivity contribution is -0.143. The number of nitrogens with zero attached hydrogens (tertiary/aromatic N) is 1. The predicted molar refractivity (Wildman–Crippen MR) is 106 cm³/mol. The molecule has 1 aliphatic rings. The topological polar surface area (TPSA) is 50.2 Å². The number of carboxylic acids is 1. The van der Waals surface area contributed by atoms with E-state index in [2.05, 4.69) is 48.8 Å². The Labute approximate surface area is 161 Å². The van der Waals surface area contributed by atoms with E-state index in [0.29, 0.717) is 0 Å². The lowest BCUT2D eigenvalue weighted by Crippen LogP contribution is -2.25. The molecule has 1 heterocycles. The van der Waals surface area contributed by atoms with E-state index in [-0.39, 0.29) is 17.3 Å². The molecule has 2 atom stereocenters. The molecule has 1 aromatic heterocycles. The van der Waals surface area contributed by atoms with Crippen LogP contribution in [0.1, 0.15) is 62.3 Å². The van der Waals surface area contributed by atoms with Crippen LogP contribution in [0, 0.1) is 5.92 Å². The van der Waals surface area contributed by atoms with Crippen LogP contribution < -0.4 is 0 Å². The summed E-state index contributed by atoms with van der Waals surface area (Å²) >= 11 is 5.19. The van der Waals surface area contributed by atoms with Gasteiger partial charge in [0.2, 0.25) is 0 Å². The molecule has 0 spiro atoms. The SMILES string of the molecule is CC(C)(C)c1nc(-c2ccc(Br)cc2)c(C2CCCCC2C(=O)O)s1. The van der Waals surface area contributed by atoms with Crippen LogP contribution in [0.5, 0.6) is 0 Å². The zero-order chi connectivity index (χ0) is 18.2. The Kier molecular flexibility index (Phi) is 5.35. The molecule has 0 radical (unpaired) electrons. The second-order valence-electron chi connectivity index (χ2n) is 7.82. The van der Waals surface area contributed by atoms with E-state index in [4.69, 9.17) is 4.98 Å². The third-order valence-corrected chi connectivity index (χ3v) is 6.97. The Hall–Kier alpha value is -1.20. The summed E-state index contributed by atoms with van der Waals surface area (Å²) in [7, 11) is 0. The quantitative estimate of drug-likeness (QED) is 0.638. The number of carboxylic acid groups (broad SMARTS) is 1. The van der Waals surface area contributed by atoms with Gasteiger partial charge in [0, 0.05) is 26.2 Å². The zero-order valence-electron chi connectivity index (χ0n) is 14.9. The van der Waals surface area contributed by atoms with Gasteiger partial charge in [-0.1, -0.05) is 61.7 Å². The van der Waals surface area contributed by atoms with Gasteiger partial charge in [0.1, 0.15) is 0 Å². The molecule has 1 aliphatic carbocycles. The predicted octanol–water partition coefficient (Wildman–Crippen LogP) is 6.23. The summed E-state index contributed by atoms with van der Waals surface area (Å²) in [5.74, 6) is -0.896. The summed E-state index contributed by atoms with van der Waals surface area (Å²) < 4.78 is 1.03. The number of benzene rings is 1. The van der Waals surface area contributed by atoms with Crippen molar-refractivity contribution in [1.29, 1.82) is 0 Å².